The standard InChI is InChI=1S/C20H19ClF4N4O/c1-11-7-13(8-18(21)26-11)17-10-19(28-29(17)6-5-12(2)30)27-14-3-4-16(22)15(9-14)20(23,24)25/h3-4,7-10,12,30H,5-6H2,1-2H3,(H,27,28). The Morgan fingerprint density at radius 2 is 1.93 bits per heavy atom. The van der Waals surface area contributed by atoms with E-state index in [1.54, 1.807) is 36.7 Å². The van der Waals surface area contributed by atoms with Gasteiger partial charge in [-0.3, -0.25) is 4.68 Å². The molecule has 2 heterocycles. The number of anilines is 2. The fourth-order valence-electron chi connectivity index (χ4n) is 2.93. The fraction of sp³-hybridized carbons (Fsp3) is 0.300. The summed E-state index contributed by atoms with van der Waals surface area (Å²) in [6, 6.07) is 7.73. The Labute approximate surface area is 175 Å². The van der Waals surface area contributed by atoms with Gasteiger partial charge in [-0.25, -0.2) is 9.37 Å². The topological polar surface area (TPSA) is 63.0 Å². The van der Waals surface area contributed by atoms with Crippen LogP contribution in [0.15, 0.2) is 36.4 Å². The van der Waals surface area contributed by atoms with Gasteiger partial charge in [0.1, 0.15) is 11.0 Å². The maximum atomic E-state index is 13.5. The molecular weight excluding hydrogens is 424 g/mol. The number of nitrogens with zero attached hydrogens (tertiary/aromatic N) is 3. The molecule has 0 aliphatic heterocycles. The van der Waals surface area contributed by atoms with Crippen molar-refractivity contribution < 1.29 is 22.7 Å². The molecule has 3 rings (SSSR count). The summed E-state index contributed by atoms with van der Waals surface area (Å²) >= 11 is 6.05. The van der Waals surface area contributed by atoms with Crippen LogP contribution in [0.3, 0.4) is 0 Å². The summed E-state index contributed by atoms with van der Waals surface area (Å²) in [6.07, 6.45) is -4.96. The van der Waals surface area contributed by atoms with Crippen LogP contribution >= 0.6 is 11.6 Å². The summed E-state index contributed by atoms with van der Waals surface area (Å²) < 4.78 is 54.1. The maximum Gasteiger partial charge on any atom is 0.419 e. The van der Waals surface area contributed by atoms with Crippen molar-refractivity contribution in [2.75, 3.05) is 5.32 Å². The molecule has 5 nitrogen and oxygen atoms in total. The monoisotopic (exact) mass is 442 g/mol. The molecule has 0 aliphatic rings. The first kappa shape index (κ1) is 22.0. The van der Waals surface area contributed by atoms with Crippen molar-refractivity contribution in [1.82, 2.24) is 14.8 Å². The highest BCUT2D eigenvalue weighted by atomic mass is 35.5. The number of hydrogen-bond donors (Lipinski definition) is 2. The van der Waals surface area contributed by atoms with Gasteiger partial charge >= 0.3 is 6.18 Å². The van der Waals surface area contributed by atoms with E-state index < -0.39 is 23.7 Å². The van der Waals surface area contributed by atoms with Crippen molar-refractivity contribution in [2.24, 2.45) is 0 Å². The molecule has 1 atom stereocenters. The van der Waals surface area contributed by atoms with Gasteiger partial charge in [0.15, 0.2) is 5.82 Å². The van der Waals surface area contributed by atoms with Crippen LogP contribution in [0.4, 0.5) is 29.1 Å². The van der Waals surface area contributed by atoms with Crippen LogP contribution in [0.2, 0.25) is 5.15 Å². The summed E-state index contributed by atoms with van der Waals surface area (Å²) in [7, 11) is 0. The molecule has 0 fully saturated rings. The zero-order chi connectivity index (χ0) is 22.1. The Kier molecular flexibility index (Phi) is 6.33. The van der Waals surface area contributed by atoms with Gasteiger partial charge in [0, 0.05) is 29.6 Å². The number of rotatable bonds is 6. The fourth-order valence-corrected chi connectivity index (χ4v) is 3.18. The van der Waals surface area contributed by atoms with Crippen LogP contribution in [-0.2, 0) is 12.7 Å². The predicted molar refractivity (Wildman–Crippen MR) is 106 cm³/mol. The Bertz CT molecular complexity index is 1030. The number of alkyl halides is 3. The summed E-state index contributed by atoms with van der Waals surface area (Å²) in [6.45, 7) is 3.79. The summed E-state index contributed by atoms with van der Waals surface area (Å²) in [5.74, 6) is -1.08. The van der Waals surface area contributed by atoms with E-state index >= 15 is 0 Å². The Morgan fingerprint density at radius 1 is 1.20 bits per heavy atom. The molecule has 0 aliphatic carbocycles. The number of aryl methyl sites for hydroxylation is 2. The Hall–Kier alpha value is -2.65. The molecule has 0 saturated carbocycles. The van der Waals surface area contributed by atoms with Gasteiger partial charge in [-0.05, 0) is 50.6 Å². The van der Waals surface area contributed by atoms with Crippen molar-refractivity contribution >= 4 is 23.1 Å². The molecular formula is C20H19ClF4N4O. The Balaban J connectivity index is 1.98. The molecule has 1 aromatic carbocycles. The third-order valence-corrected chi connectivity index (χ3v) is 4.49. The lowest BCUT2D eigenvalue weighted by Crippen LogP contribution is -2.10. The lowest BCUT2D eigenvalue weighted by Gasteiger charge is -2.10. The largest absolute Gasteiger partial charge is 0.419 e. The smallest absolute Gasteiger partial charge is 0.393 e. The van der Waals surface area contributed by atoms with Gasteiger partial charge in [-0.2, -0.15) is 18.3 Å². The number of hydrogen-bond acceptors (Lipinski definition) is 4. The number of pyridine rings is 1. The number of benzene rings is 1. The highest BCUT2D eigenvalue weighted by molar-refractivity contribution is 6.29. The first-order valence-electron chi connectivity index (χ1n) is 9.07. The molecule has 1 unspecified atom stereocenters. The summed E-state index contributed by atoms with van der Waals surface area (Å²) in [4.78, 5) is 4.12. The average molecular weight is 443 g/mol. The van der Waals surface area contributed by atoms with Gasteiger partial charge in [-0.1, -0.05) is 11.6 Å². The number of nitrogens with one attached hydrogen (secondary N) is 1. The van der Waals surface area contributed by atoms with Gasteiger partial charge in [0.05, 0.1) is 17.4 Å². The number of aliphatic hydroxyl groups excluding tert-OH is 1. The quantitative estimate of drug-likeness (QED) is 0.386. The third-order valence-electron chi connectivity index (χ3n) is 4.30. The van der Waals surface area contributed by atoms with E-state index in [1.165, 1.54) is 6.07 Å². The minimum Gasteiger partial charge on any atom is -0.393 e. The summed E-state index contributed by atoms with van der Waals surface area (Å²) in [5, 5.41) is 17.1. The minimum absolute atomic E-state index is 0.0411. The lowest BCUT2D eigenvalue weighted by atomic mass is 10.1. The first-order valence-corrected chi connectivity index (χ1v) is 9.45. The second-order valence-corrected chi connectivity index (χ2v) is 7.30. The lowest BCUT2D eigenvalue weighted by molar-refractivity contribution is -0.139. The maximum absolute atomic E-state index is 13.5. The second kappa shape index (κ2) is 8.61. The predicted octanol–water partition coefficient (Wildman–Crippen LogP) is 5.58. The molecule has 10 heteroatoms. The normalized spacial score (nSPS) is 12.8. The zero-order valence-corrected chi connectivity index (χ0v) is 16.9. The van der Waals surface area contributed by atoms with E-state index in [0.717, 1.165) is 6.07 Å². The van der Waals surface area contributed by atoms with E-state index in [1.807, 2.05) is 0 Å². The van der Waals surface area contributed by atoms with E-state index in [9.17, 15) is 22.7 Å². The molecule has 0 radical (unpaired) electrons. The molecule has 2 aromatic heterocycles. The third kappa shape index (κ3) is 5.28. The average Bonchev–Trinajstić information content (AvgIpc) is 3.02. The minimum atomic E-state index is -4.81. The van der Waals surface area contributed by atoms with Crippen molar-refractivity contribution in [3.05, 3.63) is 58.6 Å². The molecule has 0 bridgehead atoms. The van der Waals surface area contributed by atoms with Crippen molar-refractivity contribution in [1.29, 1.82) is 0 Å². The van der Waals surface area contributed by atoms with Crippen LogP contribution in [0.5, 0.6) is 0 Å². The highest BCUT2D eigenvalue weighted by Crippen LogP contribution is 2.34. The van der Waals surface area contributed by atoms with E-state index in [0.29, 0.717) is 36.0 Å². The second-order valence-electron chi connectivity index (χ2n) is 6.91. The Morgan fingerprint density at radius 3 is 2.57 bits per heavy atom. The highest BCUT2D eigenvalue weighted by Gasteiger charge is 2.34. The van der Waals surface area contributed by atoms with Gasteiger partial charge in [0.25, 0.3) is 0 Å². The SMILES string of the molecule is Cc1cc(-c2cc(Nc3ccc(F)c(C(F)(F)F)c3)nn2CCC(C)O)cc(Cl)n1. The van der Waals surface area contributed by atoms with E-state index in [4.69, 9.17) is 11.6 Å². The zero-order valence-electron chi connectivity index (χ0n) is 16.1. The van der Waals surface area contributed by atoms with Crippen molar-refractivity contribution in [2.45, 2.75) is 39.1 Å². The van der Waals surface area contributed by atoms with Crippen LogP contribution in [0.25, 0.3) is 11.3 Å². The number of aliphatic hydroxyl groups is 1. The van der Waals surface area contributed by atoms with Gasteiger partial charge < -0.3 is 10.4 Å². The van der Waals surface area contributed by atoms with Crippen LogP contribution in [0, 0.1) is 12.7 Å². The molecule has 160 valence electrons. The summed E-state index contributed by atoms with van der Waals surface area (Å²) in [5.41, 5.74) is 0.721. The number of aromatic nitrogens is 3. The molecule has 3 aromatic rings. The van der Waals surface area contributed by atoms with Crippen molar-refractivity contribution in [3.63, 3.8) is 0 Å². The van der Waals surface area contributed by atoms with Crippen molar-refractivity contribution in [3.8, 4) is 11.3 Å². The molecule has 0 amide bonds. The van der Waals surface area contributed by atoms with E-state index in [-0.39, 0.29) is 16.7 Å². The number of halogens is 5. The van der Waals surface area contributed by atoms with Gasteiger partial charge in [-0.15, -0.1) is 0 Å². The molecule has 2 N–H and O–H groups in total. The van der Waals surface area contributed by atoms with Crippen LogP contribution in [-0.4, -0.2) is 26.0 Å². The molecule has 0 spiro atoms. The first-order chi connectivity index (χ1) is 14.0. The van der Waals surface area contributed by atoms with Crippen LogP contribution < -0.4 is 5.32 Å². The van der Waals surface area contributed by atoms with E-state index in [2.05, 4.69) is 15.4 Å². The van der Waals surface area contributed by atoms with Crippen LogP contribution in [0.1, 0.15) is 24.6 Å². The molecule has 0 saturated heterocycles. The van der Waals surface area contributed by atoms with Gasteiger partial charge in [0.2, 0.25) is 0 Å². The molecule has 30 heavy (non-hydrogen) atoms.